The number of rotatable bonds is 3. The standard InChI is InChI=1S/C15H16ClNO/c1-10-5-11(2)7-14(6-10)18-9-12-3-4-13(16)8-15(12)17/h3-8H,9,17H2,1-2H3. The Bertz CT molecular complexity index is 546. The van der Waals surface area contributed by atoms with Crippen LogP contribution in [0.15, 0.2) is 36.4 Å². The molecule has 94 valence electrons. The summed E-state index contributed by atoms with van der Waals surface area (Å²) in [5, 5.41) is 0.641. The van der Waals surface area contributed by atoms with E-state index in [1.165, 1.54) is 11.1 Å². The second-order valence-electron chi connectivity index (χ2n) is 4.46. The molecule has 0 bridgehead atoms. The van der Waals surface area contributed by atoms with Gasteiger partial charge in [-0.3, -0.25) is 0 Å². The zero-order valence-electron chi connectivity index (χ0n) is 10.5. The number of ether oxygens (including phenoxy) is 1. The van der Waals surface area contributed by atoms with Crippen LogP contribution in [0.4, 0.5) is 5.69 Å². The molecule has 2 nitrogen and oxygen atoms in total. The highest BCUT2D eigenvalue weighted by Crippen LogP contribution is 2.21. The van der Waals surface area contributed by atoms with Crippen molar-refractivity contribution < 1.29 is 4.74 Å². The van der Waals surface area contributed by atoms with Gasteiger partial charge in [0.1, 0.15) is 12.4 Å². The summed E-state index contributed by atoms with van der Waals surface area (Å²) in [6.45, 7) is 4.55. The average molecular weight is 262 g/mol. The highest BCUT2D eigenvalue weighted by molar-refractivity contribution is 6.30. The summed E-state index contributed by atoms with van der Waals surface area (Å²) < 4.78 is 5.75. The summed E-state index contributed by atoms with van der Waals surface area (Å²) in [6.07, 6.45) is 0. The Kier molecular flexibility index (Phi) is 3.78. The van der Waals surface area contributed by atoms with E-state index < -0.39 is 0 Å². The molecular formula is C15H16ClNO. The first-order valence-electron chi connectivity index (χ1n) is 5.79. The van der Waals surface area contributed by atoms with E-state index in [0.29, 0.717) is 17.3 Å². The number of nitrogens with two attached hydrogens (primary N) is 1. The molecule has 2 N–H and O–H groups in total. The van der Waals surface area contributed by atoms with Crippen LogP contribution in [0, 0.1) is 13.8 Å². The minimum atomic E-state index is 0.450. The van der Waals surface area contributed by atoms with E-state index in [1.54, 1.807) is 6.07 Å². The fourth-order valence-electron chi connectivity index (χ4n) is 1.87. The highest BCUT2D eigenvalue weighted by Gasteiger charge is 2.02. The van der Waals surface area contributed by atoms with E-state index in [9.17, 15) is 0 Å². The molecule has 0 unspecified atom stereocenters. The lowest BCUT2D eigenvalue weighted by Crippen LogP contribution is -2.00. The Morgan fingerprint density at radius 3 is 2.33 bits per heavy atom. The van der Waals surface area contributed by atoms with Gasteiger partial charge in [-0.15, -0.1) is 0 Å². The van der Waals surface area contributed by atoms with Gasteiger partial charge in [-0.05, 0) is 49.2 Å². The SMILES string of the molecule is Cc1cc(C)cc(OCc2ccc(Cl)cc2N)c1. The van der Waals surface area contributed by atoms with Crippen LogP contribution in [0.1, 0.15) is 16.7 Å². The van der Waals surface area contributed by atoms with Crippen molar-refractivity contribution in [2.75, 3.05) is 5.73 Å². The summed E-state index contributed by atoms with van der Waals surface area (Å²) in [6, 6.07) is 11.6. The van der Waals surface area contributed by atoms with E-state index in [4.69, 9.17) is 22.1 Å². The van der Waals surface area contributed by atoms with Gasteiger partial charge in [0.2, 0.25) is 0 Å². The Balaban J connectivity index is 2.11. The molecular weight excluding hydrogens is 246 g/mol. The average Bonchev–Trinajstić information content (AvgIpc) is 2.26. The number of nitrogen functional groups attached to an aromatic ring is 1. The minimum absolute atomic E-state index is 0.450. The first-order valence-corrected chi connectivity index (χ1v) is 6.17. The van der Waals surface area contributed by atoms with Gasteiger partial charge in [0.05, 0.1) is 0 Å². The first-order chi connectivity index (χ1) is 8.54. The molecule has 2 aromatic rings. The van der Waals surface area contributed by atoms with E-state index in [2.05, 4.69) is 19.9 Å². The second kappa shape index (κ2) is 5.32. The topological polar surface area (TPSA) is 35.2 Å². The van der Waals surface area contributed by atoms with E-state index in [0.717, 1.165) is 11.3 Å². The van der Waals surface area contributed by atoms with Crippen molar-refractivity contribution in [2.24, 2.45) is 0 Å². The molecule has 0 heterocycles. The molecule has 0 amide bonds. The number of benzene rings is 2. The summed E-state index contributed by atoms with van der Waals surface area (Å²) >= 11 is 5.85. The van der Waals surface area contributed by atoms with Crippen molar-refractivity contribution in [1.82, 2.24) is 0 Å². The number of hydrogen-bond acceptors (Lipinski definition) is 2. The zero-order valence-corrected chi connectivity index (χ0v) is 11.3. The summed E-state index contributed by atoms with van der Waals surface area (Å²) in [7, 11) is 0. The molecule has 0 radical (unpaired) electrons. The third-order valence-corrected chi connectivity index (χ3v) is 2.93. The molecule has 0 saturated heterocycles. The fourth-order valence-corrected chi connectivity index (χ4v) is 2.06. The number of anilines is 1. The van der Waals surface area contributed by atoms with Crippen LogP contribution in [0.25, 0.3) is 0 Å². The van der Waals surface area contributed by atoms with Crippen LogP contribution in [0.3, 0.4) is 0 Å². The normalized spacial score (nSPS) is 10.4. The maximum Gasteiger partial charge on any atom is 0.120 e. The maximum absolute atomic E-state index is 5.88. The van der Waals surface area contributed by atoms with Crippen molar-refractivity contribution in [2.45, 2.75) is 20.5 Å². The van der Waals surface area contributed by atoms with Gasteiger partial charge in [0, 0.05) is 16.3 Å². The smallest absolute Gasteiger partial charge is 0.120 e. The molecule has 3 heteroatoms. The van der Waals surface area contributed by atoms with Crippen molar-refractivity contribution in [3.63, 3.8) is 0 Å². The minimum Gasteiger partial charge on any atom is -0.489 e. The Labute approximate surface area is 112 Å². The third-order valence-electron chi connectivity index (χ3n) is 2.70. The Morgan fingerprint density at radius 2 is 1.72 bits per heavy atom. The monoisotopic (exact) mass is 261 g/mol. The Morgan fingerprint density at radius 1 is 1.06 bits per heavy atom. The molecule has 18 heavy (non-hydrogen) atoms. The second-order valence-corrected chi connectivity index (χ2v) is 4.89. The van der Waals surface area contributed by atoms with Crippen molar-refractivity contribution in [3.8, 4) is 5.75 Å². The molecule has 0 spiro atoms. The van der Waals surface area contributed by atoms with Crippen molar-refractivity contribution >= 4 is 17.3 Å². The van der Waals surface area contributed by atoms with Crippen LogP contribution in [0.2, 0.25) is 5.02 Å². The van der Waals surface area contributed by atoms with E-state index in [-0.39, 0.29) is 0 Å². The number of aryl methyl sites for hydroxylation is 2. The highest BCUT2D eigenvalue weighted by atomic mass is 35.5. The lowest BCUT2D eigenvalue weighted by Gasteiger charge is -2.10. The van der Waals surface area contributed by atoms with Gasteiger partial charge in [-0.2, -0.15) is 0 Å². The molecule has 0 aliphatic heterocycles. The quantitative estimate of drug-likeness (QED) is 0.844. The van der Waals surface area contributed by atoms with Crippen molar-refractivity contribution in [1.29, 1.82) is 0 Å². The molecule has 0 atom stereocenters. The first kappa shape index (κ1) is 12.8. The van der Waals surface area contributed by atoms with E-state index >= 15 is 0 Å². The van der Waals surface area contributed by atoms with E-state index in [1.807, 2.05) is 24.3 Å². The number of hydrogen-bond donors (Lipinski definition) is 1. The molecule has 0 aliphatic carbocycles. The van der Waals surface area contributed by atoms with Gasteiger partial charge in [-0.1, -0.05) is 23.7 Å². The summed E-state index contributed by atoms with van der Waals surface area (Å²) in [5.41, 5.74) is 9.86. The predicted molar refractivity (Wildman–Crippen MR) is 76.1 cm³/mol. The molecule has 2 aromatic carbocycles. The molecule has 0 aromatic heterocycles. The zero-order chi connectivity index (χ0) is 13.1. The van der Waals surface area contributed by atoms with Crippen LogP contribution in [-0.2, 0) is 6.61 Å². The fraction of sp³-hybridized carbons (Fsp3) is 0.200. The number of halogens is 1. The van der Waals surface area contributed by atoms with Gasteiger partial charge in [0.15, 0.2) is 0 Å². The summed E-state index contributed by atoms with van der Waals surface area (Å²) in [4.78, 5) is 0. The maximum atomic E-state index is 5.88. The van der Waals surface area contributed by atoms with Crippen LogP contribution < -0.4 is 10.5 Å². The Hall–Kier alpha value is -1.67. The molecule has 0 saturated carbocycles. The molecule has 2 rings (SSSR count). The van der Waals surface area contributed by atoms with Gasteiger partial charge in [0.25, 0.3) is 0 Å². The molecule has 0 aliphatic rings. The van der Waals surface area contributed by atoms with Gasteiger partial charge >= 0.3 is 0 Å². The van der Waals surface area contributed by atoms with Crippen LogP contribution in [0.5, 0.6) is 5.75 Å². The third kappa shape index (κ3) is 3.17. The lowest BCUT2D eigenvalue weighted by molar-refractivity contribution is 0.306. The molecule has 0 fully saturated rings. The largest absolute Gasteiger partial charge is 0.489 e. The van der Waals surface area contributed by atoms with Crippen molar-refractivity contribution in [3.05, 3.63) is 58.1 Å². The van der Waals surface area contributed by atoms with Crippen LogP contribution in [-0.4, -0.2) is 0 Å². The van der Waals surface area contributed by atoms with Gasteiger partial charge < -0.3 is 10.5 Å². The van der Waals surface area contributed by atoms with Crippen LogP contribution >= 0.6 is 11.6 Å². The summed E-state index contributed by atoms with van der Waals surface area (Å²) in [5.74, 6) is 0.863. The van der Waals surface area contributed by atoms with Gasteiger partial charge in [-0.25, -0.2) is 0 Å². The predicted octanol–water partition coefficient (Wildman–Crippen LogP) is 4.12. The lowest BCUT2D eigenvalue weighted by atomic mass is 10.1.